The van der Waals surface area contributed by atoms with E-state index in [0.717, 1.165) is 47.4 Å². The Bertz CT molecular complexity index is 1250. The van der Waals surface area contributed by atoms with E-state index in [-0.39, 0.29) is 5.91 Å². The van der Waals surface area contributed by atoms with Crippen LogP contribution in [0.4, 0.5) is 0 Å². The van der Waals surface area contributed by atoms with E-state index in [0.29, 0.717) is 12.5 Å². The van der Waals surface area contributed by atoms with E-state index in [1.54, 1.807) is 0 Å². The zero-order valence-corrected chi connectivity index (χ0v) is 20.1. The molecule has 1 heterocycles. The maximum Gasteiger partial charge on any atom is 0.251 e. The lowest BCUT2D eigenvalue weighted by Crippen LogP contribution is -2.25. The Morgan fingerprint density at radius 3 is 2.48 bits per heavy atom. The molecule has 0 fully saturated rings. The molecule has 0 atom stereocenters. The molecule has 0 unspecified atom stereocenters. The Morgan fingerprint density at radius 2 is 1.76 bits per heavy atom. The van der Waals surface area contributed by atoms with Gasteiger partial charge in [0.15, 0.2) is 0 Å². The first-order chi connectivity index (χ1) is 15.9. The molecule has 0 spiro atoms. The lowest BCUT2D eigenvalue weighted by atomic mass is 10.0. The summed E-state index contributed by atoms with van der Waals surface area (Å²) in [6.07, 6.45) is 1.65. The second-order valence-electron chi connectivity index (χ2n) is 9.18. The first-order valence-electron chi connectivity index (χ1n) is 11.8. The number of amides is 1. The third-order valence-electron chi connectivity index (χ3n) is 6.21. The van der Waals surface area contributed by atoms with Crippen LogP contribution in [-0.4, -0.2) is 22.0 Å². The van der Waals surface area contributed by atoms with Crippen LogP contribution in [-0.2, 0) is 13.0 Å². The van der Waals surface area contributed by atoms with Crippen molar-refractivity contribution in [2.75, 3.05) is 6.54 Å². The number of hydrogen-bond acceptors (Lipinski definition) is 2. The predicted octanol–water partition coefficient (Wildman–Crippen LogP) is 6.19. The molecule has 0 aliphatic heterocycles. The molecule has 0 bridgehead atoms. The van der Waals surface area contributed by atoms with Crippen molar-refractivity contribution >= 4 is 16.9 Å². The van der Waals surface area contributed by atoms with Crippen LogP contribution in [0.2, 0.25) is 0 Å². The fourth-order valence-corrected chi connectivity index (χ4v) is 4.30. The molecule has 0 radical (unpaired) electrons. The SMILES string of the molecule is Cc1ccc(C(=O)NCCCc2nc3ccccc3n2Cc2ccc(C(C)C)cc2)c(C)c1. The number of nitrogens with zero attached hydrogens (tertiary/aromatic N) is 2. The van der Waals surface area contributed by atoms with Crippen molar-refractivity contribution in [3.05, 3.63) is 100 Å². The van der Waals surface area contributed by atoms with Crippen LogP contribution in [0.3, 0.4) is 0 Å². The number of para-hydroxylation sites is 2. The summed E-state index contributed by atoms with van der Waals surface area (Å²) in [6, 6.07) is 23.1. The fraction of sp³-hybridized carbons (Fsp3) is 0.310. The first-order valence-corrected chi connectivity index (χ1v) is 11.8. The highest BCUT2D eigenvalue weighted by molar-refractivity contribution is 5.95. The van der Waals surface area contributed by atoms with E-state index in [4.69, 9.17) is 4.98 Å². The number of fused-ring (bicyclic) bond motifs is 1. The van der Waals surface area contributed by atoms with Crippen LogP contribution < -0.4 is 5.32 Å². The highest BCUT2D eigenvalue weighted by Gasteiger charge is 2.12. The van der Waals surface area contributed by atoms with Gasteiger partial charge in [-0.15, -0.1) is 0 Å². The number of carbonyl (C=O) groups excluding carboxylic acids is 1. The van der Waals surface area contributed by atoms with Gasteiger partial charge in [0.05, 0.1) is 11.0 Å². The highest BCUT2D eigenvalue weighted by atomic mass is 16.1. The molecule has 33 heavy (non-hydrogen) atoms. The molecule has 1 aromatic heterocycles. The number of rotatable bonds is 8. The second kappa shape index (κ2) is 10.0. The number of benzene rings is 3. The van der Waals surface area contributed by atoms with Gasteiger partial charge in [-0.25, -0.2) is 4.98 Å². The van der Waals surface area contributed by atoms with E-state index in [9.17, 15) is 4.79 Å². The largest absolute Gasteiger partial charge is 0.352 e. The third-order valence-corrected chi connectivity index (χ3v) is 6.21. The van der Waals surface area contributed by atoms with Gasteiger partial charge in [-0.05, 0) is 61.1 Å². The standard InChI is InChI=1S/C29H33N3O/c1-20(2)24-14-12-23(13-15-24)19-32-27-9-6-5-8-26(27)31-28(32)10-7-17-30-29(33)25-16-11-21(3)18-22(25)4/h5-6,8-9,11-16,18,20H,7,10,17,19H2,1-4H3,(H,30,33). The number of carbonyl (C=O) groups is 1. The smallest absolute Gasteiger partial charge is 0.251 e. The second-order valence-corrected chi connectivity index (χ2v) is 9.18. The van der Waals surface area contributed by atoms with Crippen LogP contribution in [0.25, 0.3) is 11.0 Å². The summed E-state index contributed by atoms with van der Waals surface area (Å²) in [4.78, 5) is 17.5. The Hall–Kier alpha value is -3.40. The average molecular weight is 440 g/mol. The minimum absolute atomic E-state index is 0.00811. The molecule has 3 aromatic carbocycles. The molecule has 4 heteroatoms. The number of nitrogens with one attached hydrogen (secondary N) is 1. The van der Waals surface area contributed by atoms with Gasteiger partial charge in [0, 0.05) is 25.1 Å². The number of hydrogen-bond donors (Lipinski definition) is 1. The monoisotopic (exact) mass is 439 g/mol. The van der Waals surface area contributed by atoms with Gasteiger partial charge in [0.2, 0.25) is 0 Å². The van der Waals surface area contributed by atoms with Crippen molar-refractivity contribution < 1.29 is 4.79 Å². The van der Waals surface area contributed by atoms with E-state index in [2.05, 4.69) is 66.2 Å². The van der Waals surface area contributed by atoms with Crippen LogP contribution in [0.1, 0.15) is 64.6 Å². The van der Waals surface area contributed by atoms with Gasteiger partial charge in [0.1, 0.15) is 5.82 Å². The minimum Gasteiger partial charge on any atom is -0.352 e. The molecule has 1 amide bonds. The lowest BCUT2D eigenvalue weighted by molar-refractivity contribution is 0.0952. The zero-order valence-electron chi connectivity index (χ0n) is 20.1. The summed E-state index contributed by atoms with van der Waals surface area (Å²) in [5, 5.41) is 3.07. The number of aromatic nitrogens is 2. The topological polar surface area (TPSA) is 46.9 Å². The van der Waals surface area contributed by atoms with Crippen molar-refractivity contribution in [1.29, 1.82) is 0 Å². The summed E-state index contributed by atoms with van der Waals surface area (Å²) in [6.45, 7) is 9.88. The van der Waals surface area contributed by atoms with Crippen molar-refractivity contribution in [3.63, 3.8) is 0 Å². The molecule has 0 aliphatic carbocycles. The molecule has 4 aromatic rings. The maximum atomic E-state index is 12.6. The first kappa shape index (κ1) is 22.8. The normalized spacial score (nSPS) is 11.3. The summed E-state index contributed by atoms with van der Waals surface area (Å²) >= 11 is 0. The molecule has 0 aliphatic rings. The molecule has 1 N–H and O–H groups in total. The minimum atomic E-state index is -0.00811. The van der Waals surface area contributed by atoms with Crippen LogP contribution >= 0.6 is 0 Å². The summed E-state index contributed by atoms with van der Waals surface area (Å²) < 4.78 is 2.31. The van der Waals surface area contributed by atoms with Crippen LogP contribution in [0.15, 0.2) is 66.7 Å². The highest BCUT2D eigenvalue weighted by Crippen LogP contribution is 2.21. The van der Waals surface area contributed by atoms with Crippen molar-refractivity contribution in [2.45, 2.75) is 53.0 Å². The van der Waals surface area contributed by atoms with Crippen molar-refractivity contribution in [3.8, 4) is 0 Å². The Morgan fingerprint density at radius 1 is 1.00 bits per heavy atom. The average Bonchev–Trinajstić information content (AvgIpc) is 3.14. The number of imidazole rings is 1. The molecule has 4 nitrogen and oxygen atoms in total. The van der Waals surface area contributed by atoms with Gasteiger partial charge in [-0.3, -0.25) is 4.79 Å². The van der Waals surface area contributed by atoms with Gasteiger partial charge in [-0.1, -0.05) is 67.9 Å². The van der Waals surface area contributed by atoms with Crippen molar-refractivity contribution in [2.24, 2.45) is 0 Å². The molecule has 170 valence electrons. The van der Waals surface area contributed by atoms with Crippen molar-refractivity contribution in [1.82, 2.24) is 14.9 Å². The number of aryl methyl sites for hydroxylation is 3. The van der Waals surface area contributed by atoms with E-state index < -0.39 is 0 Å². The Labute approximate surface area is 196 Å². The van der Waals surface area contributed by atoms with Crippen LogP contribution in [0, 0.1) is 13.8 Å². The Kier molecular flexibility index (Phi) is 6.93. The molecular formula is C29H33N3O. The van der Waals surface area contributed by atoms with E-state index in [1.165, 1.54) is 16.7 Å². The summed E-state index contributed by atoms with van der Waals surface area (Å²) in [7, 11) is 0. The van der Waals surface area contributed by atoms with E-state index in [1.807, 2.05) is 38.1 Å². The lowest BCUT2D eigenvalue weighted by Gasteiger charge is -2.12. The predicted molar refractivity (Wildman–Crippen MR) is 136 cm³/mol. The van der Waals surface area contributed by atoms with Gasteiger partial charge in [0.25, 0.3) is 5.91 Å². The molecule has 0 saturated carbocycles. The van der Waals surface area contributed by atoms with Gasteiger partial charge < -0.3 is 9.88 Å². The molecule has 0 saturated heterocycles. The van der Waals surface area contributed by atoms with Crippen LogP contribution in [0.5, 0.6) is 0 Å². The molecular weight excluding hydrogens is 406 g/mol. The maximum absolute atomic E-state index is 12.6. The third kappa shape index (κ3) is 5.33. The Balaban J connectivity index is 1.44. The molecule has 4 rings (SSSR count). The summed E-state index contributed by atoms with van der Waals surface area (Å²) in [5.41, 5.74) is 7.73. The zero-order chi connectivity index (χ0) is 23.4. The van der Waals surface area contributed by atoms with Gasteiger partial charge in [-0.2, -0.15) is 0 Å². The quantitative estimate of drug-likeness (QED) is 0.333. The van der Waals surface area contributed by atoms with E-state index >= 15 is 0 Å². The summed E-state index contributed by atoms with van der Waals surface area (Å²) in [5.74, 6) is 1.58. The fourth-order valence-electron chi connectivity index (χ4n) is 4.30. The van der Waals surface area contributed by atoms with Gasteiger partial charge >= 0.3 is 0 Å².